The highest BCUT2D eigenvalue weighted by Crippen LogP contribution is 2.60. The molecule has 4 aromatic rings. The molecule has 8 nitrogen and oxygen atoms in total. The average molecular weight is 693 g/mol. The number of para-hydroxylation sites is 1. The van der Waals surface area contributed by atoms with Crippen molar-refractivity contribution in [1.29, 1.82) is 0 Å². The first-order chi connectivity index (χ1) is 25.8. The Balaban J connectivity index is 1.10. The Kier molecular flexibility index (Phi) is 6.29. The monoisotopic (exact) mass is 692 g/mol. The van der Waals surface area contributed by atoms with Crippen molar-refractivity contribution in [1.82, 2.24) is 15.7 Å². The maximum atomic E-state index is 7.87. The standard InChI is InChI=1S/C44H44N4O4/c1-5-13-23(14-6-1)29-30(24-15-7-2-8-16-24)35-41-32-31(25-17-9-3-10-18-25)40-33(46-32)42(50-41)37-44-43(51-44)36(48(37)52-40)39-28-22-21-27(45-28)38(49-39)34(29)47(35)26-19-11-4-12-20-26/h1-20,27-46H,21-22H2. The van der Waals surface area contributed by atoms with Crippen LogP contribution in [0.25, 0.3) is 0 Å². The minimum Gasteiger partial charge on any atom is -0.368 e. The van der Waals surface area contributed by atoms with Gasteiger partial charge in [-0.15, -0.1) is 0 Å². The van der Waals surface area contributed by atoms with Crippen LogP contribution in [0.1, 0.15) is 47.3 Å². The van der Waals surface area contributed by atoms with Crippen LogP contribution in [0.5, 0.6) is 0 Å². The molecule has 0 aliphatic carbocycles. The third kappa shape index (κ3) is 3.96. The van der Waals surface area contributed by atoms with E-state index >= 15 is 0 Å². The number of ether oxygens (including phenoxy) is 3. The van der Waals surface area contributed by atoms with Crippen molar-refractivity contribution >= 4 is 5.69 Å². The normalized spacial score (nSPS) is 48.3. The predicted molar refractivity (Wildman–Crippen MR) is 195 cm³/mol. The van der Waals surface area contributed by atoms with Crippen LogP contribution in [0.2, 0.25) is 0 Å². The van der Waals surface area contributed by atoms with Crippen molar-refractivity contribution < 1.29 is 19.0 Å². The summed E-state index contributed by atoms with van der Waals surface area (Å²) < 4.78 is 22.3. The Morgan fingerprint density at radius 3 is 1.50 bits per heavy atom. The van der Waals surface area contributed by atoms with Crippen molar-refractivity contribution in [3.63, 3.8) is 0 Å². The molecule has 13 bridgehead atoms. The fourth-order valence-corrected chi connectivity index (χ4v) is 12.8. The Hall–Kier alpha value is -3.60. The van der Waals surface area contributed by atoms with Crippen molar-refractivity contribution in [3.8, 4) is 0 Å². The van der Waals surface area contributed by atoms with Gasteiger partial charge in [-0.25, -0.2) is 0 Å². The van der Waals surface area contributed by atoms with E-state index in [4.69, 9.17) is 19.0 Å². The van der Waals surface area contributed by atoms with Crippen LogP contribution in [0.3, 0.4) is 0 Å². The van der Waals surface area contributed by atoms with Crippen molar-refractivity contribution in [3.05, 3.63) is 138 Å². The SMILES string of the molecule is c1ccc(C2C3NC4C2ON2C5C6OC(C7CCC6N7)C6C(c7ccccc7)C(c7ccccc7)C(C3OC4C2C2OC25)N6c2ccccc2)cc1. The van der Waals surface area contributed by atoms with E-state index in [0.717, 1.165) is 12.8 Å². The number of nitrogens with one attached hydrogen (secondary N) is 2. The zero-order valence-corrected chi connectivity index (χ0v) is 28.9. The second-order valence-corrected chi connectivity index (χ2v) is 16.8. The summed E-state index contributed by atoms with van der Waals surface area (Å²) >= 11 is 0. The molecule has 9 aliphatic rings. The number of hydroxylamine groups is 2. The number of epoxide rings is 1. The molecule has 8 heteroatoms. The maximum absolute atomic E-state index is 7.87. The van der Waals surface area contributed by atoms with Crippen LogP contribution in [-0.4, -0.2) is 96.1 Å². The highest BCUT2D eigenvalue weighted by atomic mass is 16.7. The molecule has 0 saturated carbocycles. The zero-order valence-electron chi connectivity index (χ0n) is 28.9. The number of morpholine rings is 3. The highest BCUT2D eigenvalue weighted by Gasteiger charge is 2.76. The summed E-state index contributed by atoms with van der Waals surface area (Å²) in [5.74, 6) is 0.415. The van der Waals surface area contributed by atoms with E-state index < -0.39 is 0 Å². The van der Waals surface area contributed by atoms with Crippen LogP contribution in [-0.2, 0) is 19.0 Å². The lowest BCUT2D eigenvalue weighted by Gasteiger charge is -2.53. The van der Waals surface area contributed by atoms with Crippen LogP contribution in [0, 0.1) is 0 Å². The predicted octanol–water partition coefficient (Wildman–Crippen LogP) is 4.74. The molecule has 13 rings (SSSR count). The van der Waals surface area contributed by atoms with Gasteiger partial charge in [-0.3, -0.25) is 4.84 Å². The number of anilines is 1. The van der Waals surface area contributed by atoms with Gasteiger partial charge >= 0.3 is 0 Å². The van der Waals surface area contributed by atoms with Gasteiger partial charge < -0.3 is 29.7 Å². The number of hydrogen-bond acceptors (Lipinski definition) is 8. The second-order valence-electron chi connectivity index (χ2n) is 16.8. The summed E-state index contributed by atoms with van der Waals surface area (Å²) in [5, 5.41) is 10.8. The van der Waals surface area contributed by atoms with Crippen molar-refractivity contribution in [2.45, 2.75) is 122 Å². The smallest absolute Gasteiger partial charge is 0.106 e. The van der Waals surface area contributed by atoms with Gasteiger partial charge in [0.1, 0.15) is 18.3 Å². The Morgan fingerprint density at radius 2 is 0.885 bits per heavy atom. The Labute approximate surface area is 304 Å². The number of fused-ring (bicyclic) bond motifs is 16. The quantitative estimate of drug-likeness (QED) is 0.235. The first kappa shape index (κ1) is 29.8. The van der Waals surface area contributed by atoms with Gasteiger partial charge in [0.05, 0.1) is 54.6 Å². The summed E-state index contributed by atoms with van der Waals surface area (Å²) in [7, 11) is 0. The molecule has 9 heterocycles. The van der Waals surface area contributed by atoms with Crippen molar-refractivity contribution in [2.24, 2.45) is 0 Å². The fourth-order valence-electron chi connectivity index (χ4n) is 12.8. The molecular formula is C44H44N4O4. The molecule has 9 saturated heterocycles. The van der Waals surface area contributed by atoms with E-state index in [1.165, 1.54) is 22.4 Å². The molecule has 0 aromatic heterocycles. The third-order valence-corrected chi connectivity index (χ3v) is 14.6. The minimum absolute atomic E-state index is 0.00573. The second kappa shape index (κ2) is 11.0. The Bertz CT molecular complexity index is 1970. The number of nitrogens with zero attached hydrogens (tertiary/aromatic N) is 2. The summed E-state index contributed by atoms with van der Waals surface area (Å²) in [4.78, 5) is 10.2. The first-order valence-electron chi connectivity index (χ1n) is 19.7. The molecular weight excluding hydrogens is 649 g/mol. The molecule has 264 valence electrons. The molecule has 2 N–H and O–H groups in total. The summed E-state index contributed by atoms with van der Waals surface area (Å²) in [6.45, 7) is 0. The molecule has 19 unspecified atom stereocenters. The third-order valence-electron chi connectivity index (χ3n) is 14.6. The van der Waals surface area contributed by atoms with E-state index in [2.05, 4.69) is 142 Å². The average Bonchev–Trinajstić information content (AvgIpc) is 3.47. The fraction of sp³-hybridized carbons (Fsp3) is 0.455. The van der Waals surface area contributed by atoms with Gasteiger partial charge in [0.15, 0.2) is 0 Å². The topological polar surface area (TPSA) is 70.8 Å². The lowest BCUT2D eigenvalue weighted by molar-refractivity contribution is -0.319. The van der Waals surface area contributed by atoms with Crippen LogP contribution in [0.15, 0.2) is 121 Å². The zero-order chi connectivity index (χ0) is 33.7. The van der Waals surface area contributed by atoms with Crippen LogP contribution in [0.4, 0.5) is 5.69 Å². The van der Waals surface area contributed by atoms with Crippen molar-refractivity contribution in [2.75, 3.05) is 4.90 Å². The van der Waals surface area contributed by atoms with E-state index in [1.54, 1.807) is 0 Å². The van der Waals surface area contributed by atoms with Gasteiger partial charge in [0.2, 0.25) is 0 Å². The molecule has 19 atom stereocenters. The summed E-state index contributed by atoms with van der Waals surface area (Å²) in [6.07, 6.45) is 2.03. The van der Waals surface area contributed by atoms with Gasteiger partial charge in [-0.1, -0.05) is 109 Å². The largest absolute Gasteiger partial charge is 0.368 e. The van der Waals surface area contributed by atoms with Gasteiger partial charge in [0, 0.05) is 41.6 Å². The number of rotatable bonds is 4. The molecule has 9 aliphatic heterocycles. The van der Waals surface area contributed by atoms with E-state index in [9.17, 15) is 0 Å². The summed E-state index contributed by atoms with van der Waals surface area (Å²) in [5.41, 5.74) is 5.28. The van der Waals surface area contributed by atoms with E-state index in [-0.39, 0.29) is 109 Å². The van der Waals surface area contributed by atoms with Gasteiger partial charge in [0.25, 0.3) is 0 Å². The molecule has 4 aromatic carbocycles. The van der Waals surface area contributed by atoms with Crippen LogP contribution < -0.4 is 15.5 Å². The molecule has 0 radical (unpaired) electrons. The first-order valence-corrected chi connectivity index (χ1v) is 19.7. The number of hydrogen-bond donors (Lipinski definition) is 2. The van der Waals surface area contributed by atoms with Crippen LogP contribution >= 0.6 is 0 Å². The van der Waals surface area contributed by atoms with Gasteiger partial charge in [-0.2, -0.15) is 5.06 Å². The number of benzene rings is 4. The maximum Gasteiger partial charge on any atom is 0.106 e. The Morgan fingerprint density at radius 1 is 0.423 bits per heavy atom. The molecule has 52 heavy (non-hydrogen) atoms. The molecule has 9 fully saturated rings. The van der Waals surface area contributed by atoms with E-state index in [1.807, 2.05) is 0 Å². The van der Waals surface area contributed by atoms with Gasteiger partial charge in [-0.05, 0) is 41.7 Å². The molecule has 0 amide bonds. The lowest BCUT2D eigenvalue weighted by atomic mass is 9.73. The lowest BCUT2D eigenvalue weighted by Crippen LogP contribution is -2.72. The highest BCUT2D eigenvalue weighted by molar-refractivity contribution is 5.57. The summed E-state index contributed by atoms with van der Waals surface area (Å²) in [6, 6.07) is 45.7. The molecule has 0 spiro atoms. The minimum atomic E-state index is -0.138. The van der Waals surface area contributed by atoms with E-state index in [0.29, 0.717) is 0 Å².